The van der Waals surface area contributed by atoms with Crippen molar-refractivity contribution in [2.75, 3.05) is 0 Å². The Labute approximate surface area is 117 Å². The molecule has 0 saturated heterocycles. The molecule has 2 rings (SSSR count). The lowest BCUT2D eigenvalue weighted by Gasteiger charge is -2.38. The van der Waals surface area contributed by atoms with E-state index < -0.39 is 0 Å². The number of hydrogen-bond acceptors (Lipinski definition) is 2. The van der Waals surface area contributed by atoms with E-state index in [1.165, 1.54) is 12.8 Å². The van der Waals surface area contributed by atoms with Gasteiger partial charge in [0, 0.05) is 12.7 Å². The van der Waals surface area contributed by atoms with Crippen LogP contribution in [0.5, 0.6) is 0 Å². The molecule has 1 atom stereocenters. The number of hydrogen-bond donors (Lipinski definition) is 1. The van der Waals surface area contributed by atoms with Crippen molar-refractivity contribution in [3.05, 3.63) is 18.0 Å². The van der Waals surface area contributed by atoms with E-state index in [4.69, 9.17) is 0 Å². The normalized spacial score (nSPS) is 26.4. The van der Waals surface area contributed by atoms with Crippen molar-refractivity contribution in [2.45, 2.75) is 66.0 Å². The van der Waals surface area contributed by atoms with Gasteiger partial charge >= 0.3 is 0 Å². The summed E-state index contributed by atoms with van der Waals surface area (Å²) in [7, 11) is 0. The van der Waals surface area contributed by atoms with Crippen molar-refractivity contribution < 1.29 is 5.11 Å². The summed E-state index contributed by atoms with van der Waals surface area (Å²) in [5, 5.41) is 14.8. The zero-order chi connectivity index (χ0) is 14.0. The number of aryl methyl sites for hydroxylation is 1. The Balaban J connectivity index is 1.98. The van der Waals surface area contributed by atoms with Gasteiger partial charge in [-0.25, -0.2) is 0 Å². The Kier molecular flexibility index (Phi) is 4.34. The number of rotatable bonds is 3. The lowest BCUT2D eigenvalue weighted by molar-refractivity contribution is 0.0473. The van der Waals surface area contributed by atoms with Gasteiger partial charge in [-0.05, 0) is 55.9 Å². The smallest absolute Gasteiger partial charge is 0.0984 e. The maximum atomic E-state index is 10.6. The fraction of sp³-hybridized carbons (Fsp3) is 0.812. The van der Waals surface area contributed by atoms with Crippen LogP contribution in [0.25, 0.3) is 0 Å². The molecule has 0 amide bonds. The van der Waals surface area contributed by atoms with Crippen LogP contribution in [-0.4, -0.2) is 14.9 Å². The molecular formula is C16H28N2O. The summed E-state index contributed by atoms with van der Waals surface area (Å²) in [4.78, 5) is 0. The third kappa shape index (κ3) is 3.19. The third-order valence-electron chi connectivity index (χ3n) is 4.80. The van der Waals surface area contributed by atoms with Crippen LogP contribution in [0.4, 0.5) is 0 Å². The topological polar surface area (TPSA) is 38.0 Å². The van der Waals surface area contributed by atoms with Crippen LogP contribution < -0.4 is 0 Å². The highest BCUT2D eigenvalue weighted by atomic mass is 16.3. The quantitative estimate of drug-likeness (QED) is 0.902. The molecule has 0 bridgehead atoms. The van der Waals surface area contributed by atoms with Crippen LogP contribution in [0.2, 0.25) is 0 Å². The van der Waals surface area contributed by atoms with Gasteiger partial charge in [-0.2, -0.15) is 5.10 Å². The molecular weight excluding hydrogens is 236 g/mol. The SMILES string of the molecule is CCn1nccc1C(O)C1CCC(C(C)(C)C)CC1. The average molecular weight is 264 g/mol. The van der Waals surface area contributed by atoms with Crippen molar-refractivity contribution in [1.29, 1.82) is 0 Å². The van der Waals surface area contributed by atoms with E-state index >= 15 is 0 Å². The molecule has 19 heavy (non-hydrogen) atoms. The van der Waals surface area contributed by atoms with E-state index in [0.717, 1.165) is 31.0 Å². The molecule has 1 unspecified atom stereocenters. The molecule has 0 radical (unpaired) electrons. The van der Waals surface area contributed by atoms with Gasteiger partial charge in [0.1, 0.15) is 0 Å². The molecule has 3 nitrogen and oxygen atoms in total. The monoisotopic (exact) mass is 264 g/mol. The largest absolute Gasteiger partial charge is 0.387 e. The lowest BCUT2D eigenvalue weighted by Crippen LogP contribution is -2.28. The highest BCUT2D eigenvalue weighted by Crippen LogP contribution is 2.43. The van der Waals surface area contributed by atoms with Crippen LogP contribution in [-0.2, 0) is 6.54 Å². The second kappa shape index (κ2) is 5.66. The molecule has 1 aliphatic carbocycles. The second-order valence-electron chi connectivity index (χ2n) is 6.99. The maximum Gasteiger partial charge on any atom is 0.0984 e. The Morgan fingerprint density at radius 3 is 2.47 bits per heavy atom. The Bertz CT molecular complexity index is 397. The summed E-state index contributed by atoms with van der Waals surface area (Å²) in [6.45, 7) is 9.90. The highest BCUT2D eigenvalue weighted by Gasteiger charge is 2.33. The molecule has 0 aliphatic heterocycles. The van der Waals surface area contributed by atoms with E-state index in [2.05, 4.69) is 32.8 Å². The first-order valence-electron chi connectivity index (χ1n) is 7.63. The maximum absolute atomic E-state index is 10.6. The number of aliphatic hydroxyl groups is 1. The van der Waals surface area contributed by atoms with E-state index in [1.54, 1.807) is 6.20 Å². The molecule has 1 N–H and O–H groups in total. The first kappa shape index (κ1) is 14.6. The van der Waals surface area contributed by atoms with Crippen LogP contribution >= 0.6 is 0 Å². The van der Waals surface area contributed by atoms with Gasteiger partial charge in [-0.1, -0.05) is 20.8 Å². The first-order chi connectivity index (χ1) is 8.93. The number of aromatic nitrogens is 2. The van der Waals surface area contributed by atoms with Gasteiger partial charge in [-0.3, -0.25) is 4.68 Å². The molecule has 3 heteroatoms. The van der Waals surface area contributed by atoms with Crippen LogP contribution in [0.15, 0.2) is 12.3 Å². The molecule has 1 aromatic rings. The van der Waals surface area contributed by atoms with Gasteiger partial charge in [0.05, 0.1) is 11.8 Å². The molecule has 1 heterocycles. The summed E-state index contributed by atoms with van der Waals surface area (Å²) in [6.07, 6.45) is 6.21. The number of nitrogens with zero attached hydrogens (tertiary/aromatic N) is 2. The lowest BCUT2D eigenvalue weighted by atomic mass is 9.68. The minimum atomic E-state index is -0.344. The van der Waals surface area contributed by atoms with Crippen LogP contribution in [0.3, 0.4) is 0 Å². The molecule has 0 spiro atoms. The van der Waals surface area contributed by atoms with E-state index in [0.29, 0.717) is 11.3 Å². The van der Waals surface area contributed by atoms with Gasteiger partial charge < -0.3 is 5.11 Å². The van der Waals surface area contributed by atoms with Gasteiger partial charge in [-0.15, -0.1) is 0 Å². The Hall–Kier alpha value is -0.830. The second-order valence-corrected chi connectivity index (χ2v) is 6.99. The van der Waals surface area contributed by atoms with Crippen molar-refractivity contribution in [3.63, 3.8) is 0 Å². The van der Waals surface area contributed by atoms with Crippen molar-refractivity contribution in [2.24, 2.45) is 17.3 Å². The fourth-order valence-corrected chi connectivity index (χ4v) is 3.40. The van der Waals surface area contributed by atoms with Gasteiger partial charge in [0.2, 0.25) is 0 Å². The van der Waals surface area contributed by atoms with Crippen molar-refractivity contribution >= 4 is 0 Å². The van der Waals surface area contributed by atoms with E-state index in [-0.39, 0.29) is 6.10 Å². The molecule has 1 saturated carbocycles. The zero-order valence-corrected chi connectivity index (χ0v) is 12.8. The minimum absolute atomic E-state index is 0.344. The molecule has 108 valence electrons. The predicted molar refractivity (Wildman–Crippen MR) is 77.8 cm³/mol. The summed E-state index contributed by atoms with van der Waals surface area (Å²) in [5.41, 5.74) is 1.39. The summed E-state index contributed by atoms with van der Waals surface area (Å²) in [6, 6.07) is 1.96. The van der Waals surface area contributed by atoms with E-state index in [9.17, 15) is 5.11 Å². The molecule has 1 fully saturated rings. The average Bonchev–Trinajstić information content (AvgIpc) is 2.85. The summed E-state index contributed by atoms with van der Waals surface area (Å²) in [5.74, 6) is 1.20. The van der Waals surface area contributed by atoms with Crippen molar-refractivity contribution in [1.82, 2.24) is 9.78 Å². The molecule has 0 aromatic carbocycles. The van der Waals surface area contributed by atoms with Gasteiger partial charge in [0.25, 0.3) is 0 Å². The fourth-order valence-electron chi connectivity index (χ4n) is 3.40. The van der Waals surface area contributed by atoms with Crippen LogP contribution in [0, 0.1) is 17.3 Å². The zero-order valence-electron chi connectivity index (χ0n) is 12.8. The molecule has 1 aliphatic rings. The molecule has 1 aromatic heterocycles. The highest BCUT2D eigenvalue weighted by molar-refractivity contribution is 5.06. The first-order valence-corrected chi connectivity index (χ1v) is 7.63. The summed E-state index contributed by atoms with van der Waals surface area (Å²) < 4.78 is 1.92. The Morgan fingerprint density at radius 2 is 1.95 bits per heavy atom. The third-order valence-corrected chi connectivity index (χ3v) is 4.80. The van der Waals surface area contributed by atoms with Crippen molar-refractivity contribution in [3.8, 4) is 0 Å². The standard InChI is InChI=1S/C16H28N2O/c1-5-18-14(10-11-17-18)15(19)12-6-8-13(9-7-12)16(2,3)4/h10-13,15,19H,5-9H2,1-4H3. The predicted octanol–water partition coefficient (Wildman–Crippen LogP) is 3.79. The Morgan fingerprint density at radius 1 is 1.32 bits per heavy atom. The minimum Gasteiger partial charge on any atom is -0.387 e. The van der Waals surface area contributed by atoms with Crippen LogP contribution in [0.1, 0.15) is 65.2 Å². The number of aliphatic hydroxyl groups excluding tert-OH is 1. The summed E-state index contributed by atoms with van der Waals surface area (Å²) >= 11 is 0. The van der Waals surface area contributed by atoms with E-state index in [1.807, 2.05) is 10.7 Å². The van der Waals surface area contributed by atoms with Gasteiger partial charge in [0.15, 0.2) is 0 Å².